The van der Waals surface area contributed by atoms with Crippen LogP contribution in [0, 0.1) is 0 Å². The van der Waals surface area contributed by atoms with Crippen molar-refractivity contribution < 1.29 is 0 Å². The lowest BCUT2D eigenvalue weighted by molar-refractivity contribution is 0.628. The highest BCUT2D eigenvalue weighted by Gasteiger charge is 2.09. The van der Waals surface area contributed by atoms with Crippen molar-refractivity contribution in [1.82, 2.24) is 0 Å². The minimum Gasteiger partial charge on any atom is -0.126 e. The third-order valence-corrected chi connectivity index (χ3v) is 3.02. The molecule has 0 aliphatic rings. The van der Waals surface area contributed by atoms with Gasteiger partial charge in [-0.05, 0) is 30.0 Å². The van der Waals surface area contributed by atoms with Gasteiger partial charge in [-0.2, -0.15) is 0 Å². The van der Waals surface area contributed by atoms with Gasteiger partial charge in [-0.3, -0.25) is 0 Å². The molecule has 0 amide bonds. The molecule has 0 heterocycles. The Morgan fingerprint density at radius 3 is 2.71 bits per heavy atom. The SMILES string of the molecule is CCCCC(CCl)c1cccc(Cl)c1. The Morgan fingerprint density at radius 1 is 1.36 bits per heavy atom. The second-order valence-corrected chi connectivity index (χ2v) is 4.29. The molecule has 0 N–H and O–H groups in total. The molecule has 2 heteroatoms. The van der Waals surface area contributed by atoms with Crippen molar-refractivity contribution in [3.63, 3.8) is 0 Å². The maximum Gasteiger partial charge on any atom is 0.0408 e. The molecule has 0 aliphatic heterocycles. The van der Waals surface area contributed by atoms with Gasteiger partial charge in [-0.25, -0.2) is 0 Å². The van der Waals surface area contributed by atoms with E-state index in [9.17, 15) is 0 Å². The lowest BCUT2D eigenvalue weighted by atomic mass is 9.95. The van der Waals surface area contributed by atoms with Crippen molar-refractivity contribution in [3.8, 4) is 0 Å². The Labute approximate surface area is 96.2 Å². The fourth-order valence-electron chi connectivity index (χ4n) is 1.54. The van der Waals surface area contributed by atoms with E-state index in [2.05, 4.69) is 13.0 Å². The van der Waals surface area contributed by atoms with Crippen molar-refractivity contribution in [2.45, 2.75) is 32.1 Å². The first-order chi connectivity index (χ1) is 6.77. The summed E-state index contributed by atoms with van der Waals surface area (Å²) in [5.41, 5.74) is 1.26. The number of halogens is 2. The van der Waals surface area contributed by atoms with Gasteiger partial charge in [0.25, 0.3) is 0 Å². The summed E-state index contributed by atoms with van der Waals surface area (Å²) < 4.78 is 0. The van der Waals surface area contributed by atoms with E-state index in [1.54, 1.807) is 0 Å². The Kier molecular flexibility index (Phi) is 5.36. The molecular weight excluding hydrogens is 215 g/mol. The number of unbranched alkanes of at least 4 members (excludes halogenated alkanes) is 1. The van der Waals surface area contributed by atoms with E-state index >= 15 is 0 Å². The maximum absolute atomic E-state index is 5.95. The number of rotatable bonds is 5. The van der Waals surface area contributed by atoms with Crippen LogP contribution in [-0.2, 0) is 0 Å². The third kappa shape index (κ3) is 3.51. The maximum atomic E-state index is 5.95. The van der Waals surface area contributed by atoms with Crippen LogP contribution in [0.15, 0.2) is 24.3 Å². The second kappa shape index (κ2) is 6.31. The predicted molar refractivity (Wildman–Crippen MR) is 64.4 cm³/mol. The van der Waals surface area contributed by atoms with E-state index in [4.69, 9.17) is 23.2 Å². The van der Waals surface area contributed by atoms with Gasteiger partial charge in [0.2, 0.25) is 0 Å². The molecule has 0 bridgehead atoms. The topological polar surface area (TPSA) is 0 Å². The zero-order chi connectivity index (χ0) is 10.4. The summed E-state index contributed by atoms with van der Waals surface area (Å²) in [6.07, 6.45) is 3.60. The summed E-state index contributed by atoms with van der Waals surface area (Å²) in [6.45, 7) is 2.20. The summed E-state index contributed by atoms with van der Waals surface area (Å²) >= 11 is 11.9. The molecule has 0 nitrogen and oxygen atoms in total. The molecule has 1 aromatic rings. The van der Waals surface area contributed by atoms with Crippen LogP contribution in [0.5, 0.6) is 0 Å². The molecule has 0 fully saturated rings. The first kappa shape index (κ1) is 11.9. The lowest BCUT2D eigenvalue weighted by Crippen LogP contribution is -2.00. The van der Waals surface area contributed by atoms with Crippen molar-refractivity contribution in [1.29, 1.82) is 0 Å². The van der Waals surface area contributed by atoms with Gasteiger partial charge in [0.1, 0.15) is 0 Å². The molecule has 0 saturated heterocycles. The average molecular weight is 231 g/mol. The molecule has 14 heavy (non-hydrogen) atoms. The molecule has 1 aromatic carbocycles. The van der Waals surface area contributed by atoms with Crippen LogP contribution in [0.2, 0.25) is 5.02 Å². The van der Waals surface area contributed by atoms with Crippen LogP contribution < -0.4 is 0 Å². The summed E-state index contributed by atoms with van der Waals surface area (Å²) in [6, 6.07) is 8.01. The fraction of sp³-hybridized carbons (Fsp3) is 0.500. The molecule has 0 aliphatic carbocycles. The summed E-state index contributed by atoms with van der Waals surface area (Å²) in [5, 5.41) is 0.800. The van der Waals surface area contributed by atoms with Crippen LogP contribution in [0.1, 0.15) is 37.7 Å². The van der Waals surface area contributed by atoms with Crippen LogP contribution in [-0.4, -0.2) is 5.88 Å². The Morgan fingerprint density at radius 2 is 2.14 bits per heavy atom. The number of hydrogen-bond acceptors (Lipinski definition) is 0. The zero-order valence-corrected chi connectivity index (χ0v) is 9.98. The van der Waals surface area contributed by atoms with Crippen molar-refractivity contribution in [3.05, 3.63) is 34.9 Å². The van der Waals surface area contributed by atoms with Gasteiger partial charge in [0.05, 0.1) is 0 Å². The van der Waals surface area contributed by atoms with Gasteiger partial charge < -0.3 is 0 Å². The standard InChI is InChI=1S/C12H16Cl2/c1-2-3-5-11(9-13)10-6-4-7-12(14)8-10/h4,6-8,11H,2-3,5,9H2,1H3. The normalized spacial score (nSPS) is 12.8. The first-order valence-electron chi connectivity index (χ1n) is 5.09. The van der Waals surface area contributed by atoms with E-state index in [1.807, 2.05) is 18.2 Å². The highest BCUT2D eigenvalue weighted by Crippen LogP contribution is 2.25. The van der Waals surface area contributed by atoms with E-state index in [-0.39, 0.29) is 0 Å². The van der Waals surface area contributed by atoms with Gasteiger partial charge >= 0.3 is 0 Å². The number of hydrogen-bond donors (Lipinski definition) is 0. The Hall–Kier alpha value is -0.200. The van der Waals surface area contributed by atoms with E-state index in [0.717, 1.165) is 11.4 Å². The fourth-order valence-corrected chi connectivity index (χ4v) is 2.08. The van der Waals surface area contributed by atoms with Crippen molar-refractivity contribution in [2.24, 2.45) is 0 Å². The number of benzene rings is 1. The molecule has 0 radical (unpaired) electrons. The van der Waals surface area contributed by atoms with Gasteiger partial charge in [-0.1, -0.05) is 43.5 Å². The molecule has 0 saturated carbocycles. The van der Waals surface area contributed by atoms with Gasteiger partial charge in [0, 0.05) is 10.9 Å². The highest BCUT2D eigenvalue weighted by atomic mass is 35.5. The van der Waals surface area contributed by atoms with E-state index in [1.165, 1.54) is 18.4 Å². The highest BCUT2D eigenvalue weighted by molar-refractivity contribution is 6.30. The van der Waals surface area contributed by atoms with E-state index < -0.39 is 0 Å². The largest absolute Gasteiger partial charge is 0.126 e. The van der Waals surface area contributed by atoms with Crippen molar-refractivity contribution >= 4 is 23.2 Å². The predicted octanol–water partition coefficient (Wildman–Crippen LogP) is 4.85. The lowest BCUT2D eigenvalue weighted by Gasteiger charge is -2.13. The van der Waals surface area contributed by atoms with Gasteiger partial charge in [-0.15, -0.1) is 11.6 Å². The average Bonchev–Trinajstić information content (AvgIpc) is 2.19. The quantitative estimate of drug-likeness (QED) is 0.635. The Bertz CT molecular complexity index is 271. The van der Waals surface area contributed by atoms with Crippen LogP contribution in [0.25, 0.3) is 0 Å². The van der Waals surface area contributed by atoms with E-state index in [0.29, 0.717) is 11.8 Å². The van der Waals surface area contributed by atoms with Crippen LogP contribution in [0.4, 0.5) is 0 Å². The third-order valence-electron chi connectivity index (χ3n) is 2.41. The summed E-state index contributed by atoms with van der Waals surface area (Å²) in [5.74, 6) is 1.13. The minimum atomic E-state index is 0.454. The second-order valence-electron chi connectivity index (χ2n) is 3.55. The molecular formula is C12H16Cl2. The summed E-state index contributed by atoms with van der Waals surface area (Å²) in [7, 11) is 0. The molecule has 1 rings (SSSR count). The molecule has 0 spiro atoms. The zero-order valence-electron chi connectivity index (χ0n) is 8.47. The van der Waals surface area contributed by atoms with Crippen LogP contribution >= 0.6 is 23.2 Å². The molecule has 78 valence electrons. The summed E-state index contributed by atoms with van der Waals surface area (Å²) in [4.78, 5) is 0. The van der Waals surface area contributed by atoms with Crippen molar-refractivity contribution in [2.75, 3.05) is 5.88 Å². The monoisotopic (exact) mass is 230 g/mol. The minimum absolute atomic E-state index is 0.454. The van der Waals surface area contributed by atoms with Crippen LogP contribution in [0.3, 0.4) is 0 Å². The molecule has 1 atom stereocenters. The first-order valence-corrected chi connectivity index (χ1v) is 6.00. The molecule has 1 unspecified atom stereocenters. The smallest absolute Gasteiger partial charge is 0.0408 e. The molecule has 0 aromatic heterocycles. The Balaban J connectivity index is 2.68. The number of alkyl halides is 1. The van der Waals surface area contributed by atoms with Gasteiger partial charge in [0.15, 0.2) is 0 Å².